The molecule has 0 atom stereocenters. The maximum absolute atomic E-state index is 12.4. The van der Waals surface area contributed by atoms with E-state index >= 15 is 0 Å². The summed E-state index contributed by atoms with van der Waals surface area (Å²) in [4.78, 5) is 25.9. The van der Waals surface area contributed by atoms with Crippen LogP contribution in [0.1, 0.15) is 12.5 Å². The molecule has 0 bridgehead atoms. The Morgan fingerprint density at radius 1 is 1.11 bits per heavy atom. The monoisotopic (exact) mass is 370 g/mol. The summed E-state index contributed by atoms with van der Waals surface area (Å²) in [6.45, 7) is 2.46. The minimum absolute atomic E-state index is 0.0617. The van der Waals surface area contributed by atoms with Crippen molar-refractivity contribution in [1.82, 2.24) is 0 Å². The second-order valence-electron chi connectivity index (χ2n) is 6.12. The van der Waals surface area contributed by atoms with Gasteiger partial charge in [-0.2, -0.15) is 0 Å². The van der Waals surface area contributed by atoms with Crippen LogP contribution in [0, 0.1) is 0 Å². The first-order valence-corrected chi connectivity index (χ1v) is 8.57. The van der Waals surface area contributed by atoms with Gasteiger partial charge in [-0.05, 0) is 35.9 Å². The topological polar surface area (TPSA) is 77.1 Å². The third-order valence-electron chi connectivity index (χ3n) is 4.30. The van der Waals surface area contributed by atoms with E-state index < -0.39 is 0 Å². The molecule has 0 unspecified atom stereocenters. The molecule has 0 aliphatic carbocycles. The van der Waals surface area contributed by atoms with Crippen LogP contribution >= 0.6 is 0 Å². The van der Waals surface area contributed by atoms with Gasteiger partial charge in [0.05, 0.1) is 32.9 Å². The Hall–Kier alpha value is -3.22. The first-order chi connectivity index (χ1) is 13.0. The van der Waals surface area contributed by atoms with E-state index in [1.54, 1.807) is 49.5 Å². The predicted molar refractivity (Wildman–Crippen MR) is 102 cm³/mol. The maximum atomic E-state index is 12.4. The highest BCUT2D eigenvalue weighted by Crippen LogP contribution is 2.34. The molecule has 1 aliphatic rings. The molecule has 2 aromatic rings. The van der Waals surface area contributed by atoms with Gasteiger partial charge in [0.15, 0.2) is 11.5 Å². The third kappa shape index (κ3) is 4.13. The molecular formula is C20H22N2O5. The van der Waals surface area contributed by atoms with E-state index in [2.05, 4.69) is 5.32 Å². The van der Waals surface area contributed by atoms with Crippen LogP contribution in [0.4, 0.5) is 11.4 Å². The summed E-state index contributed by atoms with van der Waals surface area (Å²) in [5.74, 6) is 1.59. The Morgan fingerprint density at radius 3 is 2.59 bits per heavy atom. The smallest absolute Gasteiger partial charge is 0.228 e. The van der Waals surface area contributed by atoms with Gasteiger partial charge in [-0.25, -0.2) is 0 Å². The number of anilines is 2. The van der Waals surface area contributed by atoms with Crippen molar-refractivity contribution in [2.24, 2.45) is 0 Å². The molecule has 0 spiro atoms. The average Bonchev–Trinajstić information content (AvgIpc) is 2.67. The number of hydrogen-bond acceptors (Lipinski definition) is 5. The number of fused-ring (bicyclic) bond motifs is 1. The lowest BCUT2D eigenvalue weighted by Crippen LogP contribution is -2.36. The summed E-state index contributed by atoms with van der Waals surface area (Å²) in [5.41, 5.74) is 2.07. The zero-order valence-corrected chi connectivity index (χ0v) is 15.6. The van der Waals surface area contributed by atoms with Crippen LogP contribution < -0.4 is 24.4 Å². The highest BCUT2D eigenvalue weighted by molar-refractivity contribution is 5.97. The van der Waals surface area contributed by atoms with Crippen molar-refractivity contribution >= 4 is 23.2 Å². The van der Waals surface area contributed by atoms with Crippen molar-refractivity contribution in [3.05, 3.63) is 42.0 Å². The van der Waals surface area contributed by atoms with Gasteiger partial charge in [-0.3, -0.25) is 9.59 Å². The fourth-order valence-electron chi connectivity index (χ4n) is 3.00. The summed E-state index contributed by atoms with van der Waals surface area (Å²) in [5, 5.41) is 2.86. The van der Waals surface area contributed by atoms with E-state index in [9.17, 15) is 9.59 Å². The van der Waals surface area contributed by atoms with Crippen LogP contribution in [-0.4, -0.2) is 39.2 Å². The van der Waals surface area contributed by atoms with Crippen molar-refractivity contribution in [3.8, 4) is 17.2 Å². The number of methoxy groups -OCH3 is 2. The molecule has 1 heterocycles. The van der Waals surface area contributed by atoms with E-state index in [1.807, 2.05) is 6.07 Å². The molecule has 2 amide bonds. The van der Waals surface area contributed by atoms with Crippen molar-refractivity contribution in [3.63, 3.8) is 0 Å². The molecule has 7 nitrogen and oxygen atoms in total. The van der Waals surface area contributed by atoms with Crippen molar-refractivity contribution in [1.29, 1.82) is 0 Å². The van der Waals surface area contributed by atoms with Crippen LogP contribution in [0.3, 0.4) is 0 Å². The number of hydrogen-bond donors (Lipinski definition) is 1. The number of nitrogens with zero attached hydrogens (tertiary/aromatic N) is 1. The molecule has 0 radical (unpaired) electrons. The summed E-state index contributed by atoms with van der Waals surface area (Å²) in [6.07, 6.45) is 0.185. The standard InChI is InChI=1S/C20H22N2O5/c1-13(23)22-8-9-27-17-7-5-15(12-16(17)22)21-20(24)11-14-4-6-18(25-2)19(10-14)26-3/h4-7,10,12H,8-9,11H2,1-3H3,(H,21,24). The Bertz CT molecular complexity index is 865. The largest absolute Gasteiger partial charge is 0.493 e. The van der Waals surface area contributed by atoms with Crippen LogP contribution in [0.15, 0.2) is 36.4 Å². The molecule has 0 fully saturated rings. The lowest BCUT2D eigenvalue weighted by molar-refractivity contribution is -0.117. The fraction of sp³-hybridized carbons (Fsp3) is 0.300. The van der Waals surface area contributed by atoms with Gasteiger partial charge in [0, 0.05) is 12.6 Å². The minimum Gasteiger partial charge on any atom is -0.493 e. The van der Waals surface area contributed by atoms with E-state index in [4.69, 9.17) is 14.2 Å². The van der Waals surface area contributed by atoms with E-state index in [0.29, 0.717) is 41.8 Å². The first-order valence-electron chi connectivity index (χ1n) is 8.57. The van der Waals surface area contributed by atoms with Crippen LogP contribution in [-0.2, 0) is 16.0 Å². The number of carbonyl (C=O) groups excluding carboxylic acids is 2. The van der Waals surface area contributed by atoms with E-state index in [1.165, 1.54) is 6.92 Å². The lowest BCUT2D eigenvalue weighted by atomic mass is 10.1. The molecule has 0 aromatic heterocycles. The molecule has 27 heavy (non-hydrogen) atoms. The van der Waals surface area contributed by atoms with Crippen LogP contribution in [0.5, 0.6) is 17.2 Å². The number of nitrogens with one attached hydrogen (secondary N) is 1. The normalized spacial score (nSPS) is 12.6. The molecule has 3 rings (SSSR count). The molecule has 1 aliphatic heterocycles. The van der Waals surface area contributed by atoms with Gasteiger partial charge >= 0.3 is 0 Å². The number of rotatable bonds is 5. The fourth-order valence-corrected chi connectivity index (χ4v) is 3.00. The summed E-state index contributed by atoms with van der Waals surface area (Å²) < 4.78 is 16.0. The number of ether oxygens (including phenoxy) is 3. The Labute approximate surface area is 157 Å². The molecule has 0 saturated heterocycles. The van der Waals surface area contributed by atoms with Crippen molar-refractivity contribution in [2.75, 3.05) is 37.6 Å². The molecule has 0 saturated carbocycles. The molecule has 142 valence electrons. The average molecular weight is 370 g/mol. The van der Waals surface area contributed by atoms with Crippen molar-refractivity contribution < 1.29 is 23.8 Å². The Morgan fingerprint density at radius 2 is 1.89 bits per heavy atom. The quantitative estimate of drug-likeness (QED) is 0.876. The number of benzene rings is 2. The van der Waals surface area contributed by atoms with Gasteiger partial charge < -0.3 is 24.4 Å². The predicted octanol–water partition coefficient (Wildman–Crippen LogP) is 2.63. The molecule has 2 aromatic carbocycles. The molecular weight excluding hydrogens is 348 g/mol. The zero-order chi connectivity index (χ0) is 19.4. The van der Waals surface area contributed by atoms with Gasteiger partial charge in [0.1, 0.15) is 12.4 Å². The van der Waals surface area contributed by atoms with Gasteiger partial charge in [-0.15, -0.1) is 0 Å². The van der Waals surface area contributed by atoms with Gasteiger partial charge in [0.2, 0.25) is 11.8 Å². The second-order valence-corrected chi connectivity index (χ2v) is 6.12. The zero-order valence-electron chi connectivity index (χ0n) is 15.6. The molecule has 1 N–H and O–H groups in total. The Balaban J connectivity index is 1.73. The summed E-state index contributed by atoms with van der Waals surface area (Å²) in [6, 6.07) is 10.6. The number of amides is 2. The second kappa shape index (κ2) is 7.99. The maximum Gasteiger partial charge on any atom is 0.228 e. The summed E-state index contributed by atoms with van der Waals surface area (Å²) in [7, 11) is 3.12. The van der Waals surface area contributed by atoms with E-state index in [-0.39, 0.29) is 18.2 Å². The highest BCUT2D eigenvalue weighted by Gasteiger charge is 2.21. The third-order valence-corrected chi connectivity index (χ3v) is 4.30. The van der Waals surface area contributed by atoms with Gasteiger partial charge in [0.25, 0.3) is 0 Å². The van der Waals surface area contributed by atoms with Crippen LogP contribution in [0.25, 0.3) is 0 Å². The lowest BCUT2D eigenvalue weighted by Gasteiger charge is -2.29. The first kappa shape index (κ1) is 18.6. The van der Waals surface area contributed by atoms with Crippen molar-refractivity contribution in [2.45, 2.75) is 13.3 Å². The number of carbonyl (C=O) groups is 2. The van der Waals surface area contributed by atoms with Gasteiger partial charge in [-0.1, -0.05) is 6.07 Å². The minimum atomic E-state index is -0.173. The molecule has 7 heteroatoms. The van der Waals surface area contributed by atoms with Crippen LogP contribution in [0.2, 0.25) is 0 Å². The SMILES string of the molecule is COc1ccc(CC(=O)Nc2ccc3c(c2)N(C(C)=O)CCO3)cc1OC. The Kier molecular flexibility index (Phi) is 5.49. The highest BCUT2D eigenvalue weighted by atomic mass is 16.5. The van der Waals surface area contributed by atoms with E-state index in [0.717, 1.165) is 5.56 Å². The summed E-state index contributed by atoms with van der Waals surface area (Å²) >= 11 is 0.